The predicted octanol–water partition coefficient (Wildman–Crippen LogP) is 5.78. The third-order valence-electron chi connectivity index (χ3n) is 6.93. The summed E-state index contributed by atoms with van der Waals surface area (Å²) in [4.78, 5) is 15.9. The summed E-state index contributed by atoms with van der Waals surface area (Å²) in [7, 11) is 0.292. The molecule has 4 aromatic rings. The second-order valence-corrected chi connectivity index (χ2v) is 12.9. The van der Waals surface area contributed by atoms with Crippen LogP contribution in [0.1, 0.15) is 50.7 Å². The maximum atomic E-state index is 13.1. The summed E-state index contributed by atoms with van der Waals surface area (Å²) in [6.07, 6.45) is 3.53. The van der Waals surface area contributed by atoms with E-state index in [0.717, 1.165) is 47.7 Å². The normalized spacial score (nSPS) is 11.6. The quantitative estimate of drug-likeness (QED) is 0.118. The number of rotatable bonds is 16. The van der Waals surface area contributed by atoms with Gasteiger partial charge in [0.2, 0.25) is 27.9 Å². The van der Waals surface area contributed by atoms with E-state index in [1.54, 1.807) is 12.1 Å². The number of nitrogens with one attached hydrogen (secondary N) is 4. The van der Waals surface area contributed by atoms with E-state index in [4.69, 9.17) is 0 Å². The van der Waals surface area contributed by atoms with E-state index in [2.05, 4.69) is 66.8 Å². The van der Waals surface area contributed by atoms with E-state index in [-0.39, 0.29) is 6.04 Å². The van der Waals surface area contributed by atoms with E-state index in [9.17, 15) is 8.42 Å². The molecule has 4 rings (SSSR count). The first-order valence-electron chi connectivity index (χ1n) is 14.9. The summed E-state index contributed by atoms with van der Waals surface area (Å²) in [5.74, 6) is 1.55. The summed E-state index contributed by atoms with van der Waals surface area (Å²) in [6.45, 7) is 7.87. The number of hydrogen-bond acceptors (Lipinski definition) is 9. The largest absolute Gasteiger partial charge is 0.377 e. The van der Waals surface area contributed by atoms with Crippen molar-refractivity contribution in [1.82, 2.24) is 19.7 Å². The highest BCUT2D eigenvalue weighted by Crippen LogP contribution is 2.30. The molecule has 0 aliphatic heterocycles. The summed E-state index contributed by atoms with van der Waals surface area (Å²) >= 11 is 0. The van der Waals surface area contributed by atoms with Crippen molar-refractivity contribution in [2.75, 3.05) is 48.0 Å². The molecule has 0 spiro atoms. The zero-order valence-electron chi connectivity index (χ0n) is 25.8. The Hall–Kier alpha value is -3.96. The lowest BCUT2D eigenvalue weighted by Crippen LogP contribution is -2.25. The van der Waals surface area contributed by atoms with Crippen molar-refractivity contribution < 1.29 is 8.42 Å². The zero-order valence-corrected chi connectivity index (χ0v) is 26.6. The number of anilines is 4. The van der Waals surface area contributed by atoms with Gasteiger partial charge in [-0.1, -0.05) is 66.9 Å². The standard InChI is InChI=1S/C32H44N8O2S/c1-23(2)36-32-38-30(37-31(39-32)34-22-25-18-16-24(3)17-19-25)33-20-8-6-7-9-21-35-43(41,42)29-15-11-12-26-27(29)13-10-14-28(26)40(4)5/h10-19,23,35H,6-9,20-22H2,1-5H3,(H3,33,34,36,37,38,39). The van der Waals surface area contributed by atoms with Crippen LogP contribution in [-0.2, 0) is 16.6 Å². The minimum atomic E-state index is -3.62. The van der Waals surface area contributed by atoms with Gasteiger partial charge in [-0.2, -0.15) is 15.0 Å². The van der Waals surface area contributed by atoms with Crippen molar-refractivity contribution in [1.29, 1.82) is 0 Å². The molecule has 0 amide bonds. The van der Waals surface area contributed by atoms with Gasteiger partial charge in [0.15, 0.2) is 0 Å². The van der Waals surface area contributed by atoms with Gasteiger partial charge >= 0.3 is 0 Å². The van der Waals surface area contributed by atoms with Crippen LogP contribution in [0.4, 0.5) is 23.5 Å². The van der Waals surface area contributed by atoms with Gasteiger partial charge < -0.3 is 20.9 Å². The number of aromatic nitrogens is 3. The zero-order chi connectivity index (χ0) is 30.8. The van der Waals surface area contributed by atoms with Crippen LogP contribution in [0.3, 0.4) is 0 Å². The third kappa shape index (κ3) is 9.26. The highest BCUT2D eigenvalue weighted by Gasteiger charge is 2.18. The molecule has 0 bridgehead atoms. The average Bonchev–Trinajstić information content (AvgIpc) is 2.97. The molecule has 0 saturated carbocycles. The molecule has 11 heteroatoms. The first-order chi connectivity index (χ1) is 20.6. The molecular weight excluding hydrogens is 560 g/mol. The SMILES string of the molecule is Cc1ccc(CNc2nc(NCCCCCCNS(=O)(=O)c3cccc4c(N(C)C)cccc34)nc(NC(C)C)n2)cc1. The number of fused-ring (bicyclic) bond motifs is 1. The molecule has 10 nitrogen and oxygen atoms in total. The number of unbranched alkanes of at least 4 members (excludes halogenated alkanes) is 3. The Balaban J connectivity index is 1.23. The summed E-state index contributed by atoms with van der Waals surface area (Å²) < 4.78 is 29.0. The third-order valence-corrected chi connectivity index (χ3v) is 8.45. The first-order valence-corrected chi connectivity index (χ1v) is 16.4. The van der Waals surface area contributed by atoms with Gasteiger partial charge in [-0.05, 0) is 51.3 Å². The molecular formula is C32H44N8O2S. The van der Waals surface area contributed by atoms with E-state index in [0.29, 0.717) is 42.4 Å². The molecule has 0 unspecified atom stereocenters. The van der Waals surface area contributed by atoms with Gasteiger partial charge in [0.25, 0.3) is 0 Å². The molecule has 0 atom stereocenters. The van der Waals surface area contributed by atoms with Crippen molar-refractivity contribution in [2.45, 2.75) is 63.9 Å². The predicted molar refractivity (Wildman–Crippen MR) is 178 cm³/mol. The van der Waals surface area contributed by atoms with E-state index in [1.807, 2.05) is 57.1 Å². The highest BCUT2D eigenvalue weighted by atomic mass is 32.2. The number of sulfonamides is 1. The Labute approximate surface area is 255 Å². The van der Waals surface area contributed by atoms with Crippen molar-refractivity contribution in [3.8, 4) is 0 Å². The second-order valence-electron chi connectivity index (χ2n) is 11.2. The Bertz CT molecular complexity index is 1590. The molecule has 3 aromatic carbocycles. The van der Waals surface area contributed by atoms with Gasteiger partial charge in [-0.15, -0.1) is 0 Å². The molecule has 1 heterocycles. The number of aryl methyl sites for hydroxylation is 1. The van der Waals surface area contributed by atoms with Crippen LogP contribution in [0.25, 0.3) is 10.8 Å². The Morgan fingerprint density at radius 1 is 0.744 bits per heavy atom. The molecule has 0 saturated heterocycles. The molecule has 230 valence electrons. The van der Waals surface area contributed by atoms with E-state index < -0.39 is 10.0 Å². The number of hydrogen-bond donors (Lipinski definition) is 4. The molecule has 0 radical (unpaired) electrons. The van der Waals surface area contributed by atoms with Crippen LogP contribution in [0.15, 0.2) is 65.6 Å². The number of benzene rings is 3. The average molecular weight is 605 g/mol. The van der Waals surface area contributed by atoms with E-state index in [1.165, 1.54) is 5.56 Å². The lowest BCUT2D eigenvalue weighted by molar-refractivity contribution is 0.573. The number of nitrogens with zero attached hydrogens (tertiary/aromatic N) is 4. The highest BCUT2D eigenvalue weighted by molar-refractivity contribution is 7.89. The smallest absolute Gasteiger partial charge is 0.241 e. The lowest BCUT2D eigenvalue weighted by atomic mass is 10.1. The van der Waals surface area contributed by atoms with Crippen molar-refractivity contribution in [3.63, 3.8) is 0 Å². The minimum absolute atomic E-state index is 0.189. The summed E-state index contributed by atoms with van der Waals surface area (Å²) in [6, 6.07) is 19.7. The van der Waals surface area contributed by atoms with Gasteiger partial charge in [-0.25, -0.2) is 13.1 Å². The van der Waals surface area contributed by atoms with Crippen molar-refractivity contribution in [3.05, 3.63) is 71.8 Å². The van der Waals surface area contributed by atoms with Crippen molar-refractivity contribution >= 4 is 44.3 Å². The van der Waals surface area contributed by atoms with Crippen molar-refractivity contribution in [2.24, 2.45) is 0 Å². The molecule has 4 N–H and O–H groups in total. The molecule has 0 aliphatic rings. The molecule has 1 aromatic heterocycles. The monoisotopic (exact) mass is 604 g/mol. The van der Waals surface area contributed by atoms with Crippen LogP contribution in [0.5, 0.6) is 0 Å². The second kappa shape index (κ2) is 15.0. The Morgan fingerprint density at radius 2 is 1.37 bits per heavy atom. The maximum Gasteiger partial charge on any atom is 0.241 e. The van der Waals surface area contributed by atoms with Crippen LogP contribution >= 0.6 is 0 Å². The topological polar surface area (TPSA) is 124 Å². The van der Waals surface area contributed by atoms with Crippen LogP contribution in [-0.4, -0.2) is 56.6 Å². The van der Waals surface area contributed by atoms with Crippen LogP contribution in [0, 0.1) is 6.92 Å². The first kappa shape index (κ1) is 32.0. The minimum Gasteiger partial charge on any atom is -0.377 e. The molecule has 0 aliphatic carbocycles. The Kier molecular flexibility index (Phi) is 11.1. The fourth-order valence-electron chi connectivity index (χ4n) is 4.72. The molecule has 0 fully saturated rings. The Morgan fingerprint density at radius 3 is 2.07 bits per heavy atom. The van der Waals surface area contributed by atoms with Gasteiger partial charge in [0.1, 0.15) is 0 Å². The lowest BCUT2D eigenvalue weighted by Gasteiger charge is -2.17. The summed E-state index contributed by atoms with van der Waals surface area (Å²) in [5, 5.41) is 11.5. The van der Waals surface area contributed by atoms with E-state index >= 15 is 0 Å². The fraction of sp³-hybridized carbons (Fsp3) is 0.406. The van der Waals surface area contributed by atoms with Crippen LogP contribution < -0.4 is 25.6 Å². The van der Waals surface area contributed by atoms with Gasteiger partial charge in [-0.3, -0.25) is 0 Å². The van der Waals surface area contributed by atoms with Gasteiger partial charge in [0, 0.05) is 56.2 Å². The fourth-order valence-corrected chi connectivity index (χ4v) is 6.01. The molecule has 43 heavy (non-hydrogen) atoms. The van der Waals surface area contributed by atoms with Crippen LogP contribution in [0.2, 0.25) is 0 Å². The summed E-state index contributed by atoms with van der Waals surface area (Å²) in [5.41, 5.74) is 3.36. The maximum absolute atomic E-state index is 13.1. The van der Waals surface area contributed by atoms with Gasteiger partial charge in [0.05, 0.1) is 4.90 Å².